The fourth-order valence-corrected chi connectivity index (χ4v) is 5.50. The van der Waals surface area contributed by atoms with Gasteiger partial charge < -0.3 is 15.0 Å². The highest BCUT2D eigenvalue weighted by Gasteiger charge is 2.19. The minimum atomic E-state index is -0.0181. The van der Waals surface area contributed by atoms with E-state index in [9.17, 15) is 4.79 Å². The smallest absolute Gasteiger partial charge is 0.245 e. The Morgan fingerprint density at radius 3 is 2.24 bits per heavy atom. The molecule has 4 aromatic rings. The maximum absolute atomic E-state index is 11.6. The molecule has 0 bridgehead atoms. The zero-order valence-electron chi connectivity index (χ0n) is 26.3. The number of hydrogen-bond donors (Lipinski definition) is 2. The summed E-state index contributed by atoms with van der Waals surface area (Å²) in [4.78, 5) is 13.2. The summed E-state index contributed by atoms with van der Waals surface area (Å²) in [6.07, 6.45) is 6.20. The number of H-pyrrole nitrogens is 1. The van der Waals surface area contributed by atoms with Crippen LogP contribution in [0.1, 0.15) is 30.0 Å². The summed E-state index contributed by atoms with van der Waals surface area (Å²) in [7, 11) is 14.7. The van der Waals surface area contributed by atoms with E-state index in [1.165, 1.54) is 49.6 Å². The van der Waals surface area contributed by atoms with Gasteiger partial charge in [-0.25, -0.2) is 0 Å². The highest BCUT2D eigenvalue weighted by molar-refractivity contribution is 6.68. The molecule has 6 nitrogen and oxygen atoms in total. The molecule has 0 radical (unpaired) electrons. The summed E-state index contributed by atoms with van der Waals surface area (Å²) in [5, 5.41) is 11.7. The molecular weight excluding hydrogens is 514 g/mol. The average Bonchev–Trinajstić information content (AvgIpc) is 3.46. The number of fused-ring (bicyclic) bond motifs is 1. The molecule has 4 rings (SSSR count). The lowest BCUT2D eigenvalue weighted by atomic mass is 9.59. The Morgan fingerprint density at radius 1 is 0.952 bits per heavy atom. The number of aromatic amines is 1. The van der Waals surface area contributed by atoms with Crippen LogP contribution >= 0.6 is 0 Å². The maximum atomic E-state index is 11.6. The van der Waals surface area contributed by atoms with E-state index in [2.05, 4.69) is 104 Å². The first-order valence-corrected chi connectivity index (χ1v) is 14.7. The van der Waals surface area contributed by atoms with Crippen LogP contribution in [0.3, 0.4) is 0 Å². The maximum Gasteiger partial charge on any atom is 0.245 e. The van der Waals surface area contributed by atoms with Crippen molar-refractivity contribution in [3.8, 4) is 5.75 Å². The molecule has 42 heavy (non-hydrogen) atoms. The Balaban J connectivity index is 1.65. The zero-order valence-corrected chi connectivity index (χ0v) is 26.3. The molecule has 0 aliphatic heterocycles. The number of carbonyl (C=O) groups excluding carboxylic acids is 1. The molecule has 0 aliphatic carbocycles. The average molecular weight is 554 g/mol. The van der Waals surface area contributed by atoms with Crippen molar-refractivity contribution in [3.63, 3.8) is 0 Å². The minimum Gasteiger partial charge on any atom is -0.492 e. The number of allylic oxidation sites excluding steroid dienone is 1. The Kier molecular flexibility index (Phi) is 10.3. The van der Waals surface area contributed by atoms with Crippen LogP contribution in [0.15, 0.2) is 60.8 Å². The monoisotopic (exact) mass is 554 g/mol. The van der Waals surface area contributed by atoms with Gasteiger partial charge in [-0.1, -0.05) is 42.1 Å². The summed E-state index contributed by atoms with van der Waals surface area (Å²) in [5.74, 6) is 0.811. The van der Waals surface area contributed by atoms with Crippen LogP contribution in [-0.4, -0.2) is 94.0 Å². The summed E-state index contributed by atoms with van der Waals surface area (Å²) < 4.78 is 6.02. The van der Waals surface area contributed by atoms with Gasteiger partial charge in [0.15, 0.2) is 0 Å². The van der Waals surface area contributed by atoms with Crippen molar-refractivity contribution in [1.29, 1.82) is 0 Å². The lowest BCUT2D eigenvalue weighted by molar-refractivity contribution is -0.123. The largest absolute Gasteiger partial charge is 0.492 e. The molecule has 3 aromatic carbocycles. The molecule has 0 atom stereocenters. The molecule has 11 heteroatoms. The summed E-state index contributed by atoms with van der Waals surface area (Å²) in [5.41, 5.74) is 14.1. The standard InChI is InChI=1S/C31H39B5N4O2/c1-4-22(26-27(32)29(34)31(36)30(35)28(26)33)25(19-9-12-23-20(16-19)17-38-39-23)18-7-10-21(11-8-18)42-15-14-37-13-5-6-24(41)40(2)3/h5-12,16-17,37H,4,13-15,32-36H2,1-3H3,(H,38,39)/b6-5+,25-22+. The zero-order chi connectivity index (χ0) is 30.4. The van der Waals surface area contributed by atoms with Crippen molar-refractivity contribution in [1.82, 2.24) is 20.4 Å². The molecule has 0 saturated carbocycles. The van der Waals surface area contributed by atoms with Crippen molar-refractivity contribution in [3.05, 3.63) is 77.5 Å². The fourth-order valence-electron chi connectivity index (χ4n) is 5.50. The Labute approximate surface area is 254 Å². The van der Waals surface area contributed by atoms with Gasteiger partial charge in [-0.05, 0) is 58.5 Å². The van der Waals surface area contributed by atoms with Gasteiger partial charge in [0, 0.05) is 38.6 Å². The van der Waals surface area contributed by atoms with E-state index < -0.39 is 0 Å². The van der Waals surface area contributed by atoms with Crippen LogP contribution in [0, 0.1) is 0 Å². The Bertz CT molecular complexity index is 1620. The van der Waals surface area contributed by atoms with E-state index in [0.29, 0.717) is 19.7 Å². The molecule has 1 heterocycles. The quantitative estimate of drug-likeness (QED) is 0.0891. The molecule has 1 amide bonds. The normalized spacial score (nSPS) is 12.1. The minimum absolute atomic E-state index is 0.0181. The summed E-state index contributed by atoms with van der Waals surface area (Å²) in [6.45, 7) is 4.09. The number of nitrogens with one attached hydrogen (secondary N) is 2. The molecule has 1 aromatic heterocycles. The van der Waals surface area contributed by atoms with E-state index in [1.807, 2.05) is 12.3 Å². The van der Waals surface area contributed by atoms with Crippen LogP contribution in [0.5, 0.6) is 5.75 Å². The third-order valence-corrected chi connectivity index (χ3v) is 8.34. The first-order valence-electron chi connectivity index (χ1n) is 14.7. The van der Waals surface area contributed by atoms with Crippen LogP contribution in [0.25, 0.3) is 22.0 Å². The highest BCUT2D eigenvalue weighted by atomic mass is 16.5. The molecule has 2 N–H and O–H groups in total. The Hall–Kier alpha value is -3.84. The van der Waals surface area contributed by atoms with Gasteiger partial charge in [0.25, 0.3) is 0 Å². The van der Waals surface area contributed by atoms with Crippen molar-refractivity contribution >= 4 is 94.5 Å². The SMILES string of the molecule is Bc1c(B)c(B)c(/C(CC)=C(\c2ccc(OCCNC/C=C/C(=O)N(C)C)cc2)c2ccc3[nH]ncc3c2)c(B)c1B. The van der Waals surface area contributed by atoms with Crippen LogP contribution in [0.2, 0.25) is 0 Å². The number of benzene rings is 3. The summed E-state index contributed by atoms with van der Waals surface area (Å²) >= 11 is 0. The van der Waals surface area contributed by atoms with E-state index in [0.717, 1.165) is 28.6 Å². The number of nitrogens with zero attached hydrogens (tertiary/aromatic N) is 2. The van der Waals surface area contributed by atoms with Crippen molar-refractivity contribution in [2.45, 2.75) is 13.3 Å². The van der Waals surface area contributed by atoms with E-state index in [4.69, 9.17) is 4.74 Å². The van der Waals surface area contributed by atoms with Gasteiger partial charge in [0.2, 0.25) is 5.91 Å². The molecule has 0 saturated heterocycles. The first kappa shape index (κ1) is 31.1. The number of carbonyl (C=O) groups is 1. The van der Waals surface area contributed by atoms with E-state index in [1.54, 1.807) is 25.1 Å². The van der Waals surface area contributed by atoms with Gasteiger partial charge >= 0.3 is 0 Å². The Morgan fingerprint density at radius 2 is 1.60 bits per heavy atom. The highest BCUT2D eigenvalue weighted by Crippen LogP contribution is 2.35. The third-order valence-electron chi connectivity index (χ3n) is 8.34. The predicted octanol–water partition coefficient (Wildman–Crippen LogP) is -3.16. The summed E-state index contributed by atoms with van der Waals surface area (Å²) in [6, 6.07) is 15.0. The number of amides is 1. The predicted molar refractivity (Wildman–Crippen MR) is 192 cm³/mol. The van der Waals surface area contributed by atoms with Gasteiger partial charge in [-0.2, -0.15) is 5.10 Å². The van der Waals surface area contributed by atoms with Crippen LogP contribution in [-0.2, 0) is 4.79 Å². The van der Waals surface area contributed by atoms with Gasteiger partial charge in [-0.3, -0.25) is 9.89 Å². The molecule has 0 fully saturated rings. The molecule has 210 valence electrons. The van der Waals surface area contributed by atoms with Gasteiger partial charge in [0.1, 0.15) is 51.6 Å². The number of aromatic nitrogens is 2. The molecule has 0 aliphatic rings. The number of likely N-dealkylation sites (N-methyl/N-ethyl adjacent to an activating group) is 1. The fraction of sp³-hybridized carbons (Fsp3) is 0.226. The number of rotatable bonds is 11. The number of hydrogen-bond acceptors (Lipinski definition) is 4. The van der Waals surface area contributed by atoms with Crippen LogP contribution in [0.4, 0.5) is 0 Å². The van der Waals surface area contributed by atoms with Crippen molar-refractivity contribution in [2.75, 3.05) is 33.8 Å². The lowest BCUT2D eigenvalue weighted by Gasteiger charge is -2.25. The molecule has 0 spiro atoms. The third kappa shape index (κ3) is 6.79. The van der Waals surface area contributed by atoms with Crippen LogP contribution < -0.4 is 37.4 Å². The molecule has 0 unspecified atom stereocenters. The van der Waals surface area contributed by atoms with Gasteiger partial charge in [0.05, 0.1) is 11.7 Å². The van der Waals surface area contributed by atoms with Crippen molar-refractivity contribution in [2.24, 2.45) is 0 Å². The van der Waals surface area contributed by atoms with E-state index in [-0.39, 0.29) is 5.91 Å². The second kappa shape index (κ2) is 13.9. The first-order chi connectivity index (χ1) is 20.1. The van der Waals surface area contributed by atoms with Gasteiger partial charge in [-0.15, -0.1) is 16.4 Å². The second-order valence-electron chi connectivity index (χ2n) is 11.1. The topological polar surface area (TPSA) is 70.2 Å². The second-order valence-corrected chi connectivity index (χ2v) is 11.1. The van der Waals surface area contributed by atoms with Crippen molar-refractivity contribution < 1.29 is 9.53 Å². The number of ether oxygens (including phenoxy) is 1. The van der Waals surface area contributed by atoms with E-state index >= 15 is 0 Å². The lowest BCUT2D eigenvalue weighted by Crippen LogP contribution is -2.56. The molecular formula is C31H39B5N4O2.